The van der Waals surface area contributed by atoms with Gasteiger partial charge in [0.2, 0.25) is 5.78 Å². The van der Waals surface area contributed by atoms with E-state index in [0.717, 1.165) is 50.0 Å². The van der Waals surface area contributed by atoms with Crippen LogP contribution in [0.15, 0.2) is 29.0 Å². The second kappa shape index (κ2) is 9.06. The number of aliphatic hydroxyl groups excluding tert-OH is 3. The van der Waals surface area contributed by atoms with Crippen LogP contribution in [0.5, 0.6) is 5.75 Å². The van der Waals surface area contributed by atoms with Crippen LogP contribution in [0.25, 0.3) is 5.76 Å². The van der Waals surface area contributed by atoms with E-state index in [9.17, 15) is 39.9 Å². The molecule has 1 aromatic rings. The van der Waals surface area contributed by atoms with E-state index in [0.29, 0.717) is 17.4 Å². The Labute approximate surface area is 257 Å². The standard InChI is InChI=1S/C36H44O8/c1-14(2)26-29(39)23(16(4)37)31(41)36(44)32(42)27-30(40)25-21(15(3)34(27,5)33(43)35(26,36)6)7-8-22(28(25)38)24-19-10-17-9-18(12-19)13-20(24)11-17/h7-8,14-15,17-20,24,26,33,38,40-41,43-44H,9-13H2,1-6H3/t15-,17?,18?,19?,20?,24?,26?,33-,34+,35+,36+/m1/s1. The number of fused-ring (bicyclic) bond motifs is 3. The first-order valence-corrected chi connectivity index (χ1v) is 16.3. The summed E-state index contributed by atoms with van der Waals surface area (Å²) in [4.78, 5) is 41.1. The van der Waals surface area contributed by atoms with Crippen LogP contribution in [-0.2, 0) is 14.4 Å². The molecule has 236 valence electrons. The van der Waals surface area contributed by atoms with E-state index >= 15 is 0 Å². The van der Waals surface area contributed by atoms with Crippen LogP contribution in [0.1, 0.15) is 102 Å². The van der Waals surface area contributed by atoms with Crippen molar-refractivity contribution in [2.75, 3.05) is 0 Å². The van der Waals surface area contributed by atoms with Gasteiger partial charge in [0.05, 0.1) is 17.2 Å². The van der Waals surface area contributed by atoms with Crippen molar-refractivity contribution in [3.8, 4) is 5.75 Å². The molecule has 8 heteroatoms. The first-order chi connectivity index (χ1) is 20.5. The summed E-state index contributed by atoms with van der Waals surface area (Å²) in [6.07, 6.45) is 4.20. The lowest BCUT2D eigenvalue weighted by molar-refractivity contribution is -0.215. The molecule has 8 nitrogen and oxygen atoms in total. The number of benzene rings is 1. The highest BCUT2D eigenvalue weighted by atomic mass is 16.4. The van der Waals surface area contributed by atoms with Gasteiger partial charge < -0.3 is 25.5 Å². The molecule has 0 aliphatic heterocycles. The number of phenolic OH excluding ortho intramolecular Hbond substituents is 1. The maximum absolute atomic E-state index is 14.7. The van der Waals surface area contributed by atoms with Gasteiger partial charge >= 0.3 is 0 Å². The third-order valence-electron chi connectivity index (χ3n) is 13.4. The first-order valence-electron chi connectivity index (χ1n) is 16.3. The van der Waals surface area contributed by atoms with Crippen molar-refractivity contribution in [3.05, 3.63) is 45.7 Å². The zero-order chi connectivity index (χ0) is 32.0. The average Bonchev–Trinajstić information content (AvgIpc) is 2.93. The molecule has 0 heterocycles. The van der Waals surface area contributed by atoms with E-state index in [1.54, 1.807) is 20.8 Å². The number of hydrogen-bond acceptors (Lipinski definition) is 8. The molecule has 8 rings (SSSR count). The van der Waals surface area contributed by atoms with Crippen LogP contribution in [-0.4, -0.2) is 54.6 Å². The number of allylic oxidation sites excluding steroid dienone is 1. The van der Waals surface area contributed by atoms with Crippen molar-refractivity contribution in [2.45, 2.75) is 97.2 Å². The summed E-state index contributed by atoms with van der Waals surface area (Å²) in [7, 11) is 0. The molecule has 0 aromatic heterocycles. The summed E-state index contributed by atoms with van der Waals surface area (Å²) in [6.45, 7) is 9.36. The topological polar surface area (TPSA) is 152 Å². The summed E-state index contributed by atoms with van der Waals surface area (Å²) in [6, 6.07) is 3.83. The molecule has 0 saturated heterocycles. The van der Waals surface area contributed by atoms with Gasteiger partial charge in [-0.15, -0.1) is 0 Å². The lowest BCUT2D eigenvalue weighted by Gasteiger charge is -2.63. The minimum absolute atomic E-state index is 0.0791. The highest BCUT2D eigenvalue weighted by Crippen LogP contribution is 2.68. The fourth-order valence-corrected chi connectivity index (χ4v) is 11.6. The molecule has 0 amide bonds. The van der Waals surface area contributed by atoms with Crippen molar-refractivity contribution in [1.29, 1.82) is 0 Å². The fraction of sp³-hybridized carbons (Fsp3) is 0.639. The molecule has 1 aromatic carbocycles. The minimum atomic E-state index is -2.87. The molecule has 5 saturated carbocycles. The van der Waals surface area contributed by atoms with Gasteiger partial charge in [0.1, 0.15) is 22.8 Å². The number of aliphatic hydroxyl groups is 4. The summed E-state index contributed by atoms with van der Waals surface area (Å²) >= 11 is 0. The minimum Gasteiger partial charge on any atom is -0.508 e. The van der Waals surface area contributed by atoms with E-state index in [1.807, 2.05) is 19.1 Å². The Bertz CT molecular complexity index is 1570. The second-order valence-electron chi connectivity index (χ2n) is 15.7. The van der Waals surface area contributed by atoms with Crippen molar-refractivity contribution in [1.82, 2.24) is 0 Å². The lowest BCUT2D eigenvalue weighted by atomic mass is 9.40. The lowest BCUT2D eigenvalue weighted by Crippen LogP contribution is -2.75. The maximum Gasteiger partial charge on any atom is 0.203 e. The van der Waals surface area contributed by atoms with Crippen molar-refractivity contribution in [2.24, 2.45) is 46.3 Å². The van der Waals surface area contributed by atoms with Crippen LogP contribution < -0.4 is 0 Å². The van der Waals surface area contributed by atoms with Crippen LogP contribution in [0.4, 0.5) is 0 Å². The zero-order valence-corrected chi connectivity index (χ0v) is 26.3. The normalized spacial score (nSPS) is 44.2. The third kappa shape index (κ3) is 3.19. The summed E-state index contributed by atoms with van der Waals surface area (Å²) < 4.78 is 0. The Morgan fingerprint density at radius 2 is 1.48 bits per heavy atom. The Morgan fingerprint density at radius 3 is 2.00 bits per heavy atom. The summed E-state index contributed by atoms with van der Waals surface area (Å²) in [5, 5.41) is 60.1. The van der Waals surface area contributed by atoms with E-state index in [1.165, 1.54) is 13.3 Å². The Hall–Kier alpha value is -2.97. The summed E-state index contributed by atoms with van der Waals surface area (Å²) in [5.41, 5.74) is -5.85. The van der Waals surface area contributed by atoms with Crippen LogP contribution in [0.3, 0.4) is 0 Å². The average molecular weight is 605 g/mol. The van der Waals surface area contributed by atoms with Gasteiger partial charge in [-0.05, 0) is 91.6 Å². The van der Waals surface area contributed by atoms with Gasteiger partial charge in [-0.3, -0.25) is 14.4 Å². The number of carbonyl (C=O) groups is 3. The number of Topliss-reactive ketones (excluding diaryl/α,β-unsaturated/α-hetero) is 3. The molecule has 6 atom stereocenters. The number of carbonyl (C=O) groups excluding carboxylic acids is 3. The predicted molar refractivity (Wildman–Crippen MR) is 162 cm³/mol. The van der Waals surface area contributed by atoms with Crippen molar-refractivity contribution < 1.29 is 39.9 Å². The van der Waals surface area contributed by atoms with E-state index in [4.69, 9.17) is 0 Å². The van der Waals surface area contributed by atoms with Gasteiger partial charge in [-0.1, -0.05) is 46.8 Å². The predicted octanol–water partition coefficient (Wildman–Crippen LogP) is 5.26. The molecule has 7 aliphatic rings. The largest absolute Gasteiger partial charge is 0.508 e. The Kier molecular flexibility index (Phi) is 6.12. The molecule has 1 unspecified atom stereocenters. The number of aromatic hydroxyl groups is 1. The fourth-order valence-electron chi connectivity index (χ4n) is 11.6. The molecule has 7 aliphatic carbocycles. The highest BCUT2D eigenvalue weighted by molar-refractivity contribution is 6.24. The van der Waals surface area contributed by atoms with Crippen molar-refractivity contribution >= 4 is 23.1 Å². The van der Waals surface area contributed by atoms with Gasteiger partial charge in [0.15, 0.2) is 17.2 Å². The van der Waals surface area contributed by atoms with Crippen LogP contribution in [0, 0.1) is 46.3 Å². The quantitative estimate of drug-likeness (QED) is 0.293. The maximum atomic E-state index is 14.7. The molecule has 44 heavy (non-hydrogen) atoms. The smallest absolute Gasteiger partial charge is 0.203 e. The summed E-state index contributed by atoms with van der Waals surface area (Å²) in [5.74, 6) is -4.14. The van der Waals surface area contributed by atoms with E-state index in [2.05, 4.69) is 0 Å². The van der Waals surface area contributed by atoms with E-state index in [-0.39, 0.29) is 22.8 Å². The van der Waals surface area contributed by atoms with Crippen LogP contribution in [0.2, 0.25) is 0 Å². The Morgan fingerprint density at radius 1 is 0.932 bits per heavy atom. The second-order valence-corrected chi connectivity index (χ2v) is 15.7. The molecule has 0 spiro atoms. The van der Waals surface area contributed by atoms with Gasteiger partial charge in [0.25, 0.3) is 0 Å². The molecular weight excluding hydrogens is 560 g/mol. The van der Waals surface area contributed by atoms with Gasteiger partial charge in [-0.25, -0.2) is 0 Å². The molecule has 5 N–H and O–H groups in total. The third-order valence-corrected chi connectivity index (χ3v) is 13.4. The molecule has 0 radical (unpaired) electrons. The number of rotatable bonds is 3. The highest BCUT2D eigenvalue weighted by Gasteiger charge is 2.77. The van der Waals surface area contributed by atoms with E-state index < -0.39 is 74.7 Å². The number of ketones is 3. The van der Waals surface area contributed by atoms with Crippen molar-refractivity contribution in [3.63, 3.8) is 0 Å². The number of phenols is 1. The van der Waals surface area contributed by atoms with Crippen LogP contribution >= 0.6 is 0 Å². The SMILES string of the molecule is CC(=O)C1=C(O)[C@]2(O)C(=O)C3=C(O)c4c(ccc(C5C6CC7CC(C6)CC5C7)c4O)[C@@H](C)[C@]3(C)[C@@H](O)[C@]2(C)C(C(C)C)C1=O. The van der Waals surface area contributed by atoms with Gasteiger partial charge in [-0.2, -0.15) is 0 Å². The monoisotopic (exact) mass is 604 g/mol. The molecular formula is C36H44O8. The zero-order valence-electron chi connectivity index (χ0n) is 26.3. The first kappa shape index (κ1) is 29.7. The number of hydrogen-bond donors (Lipinski definition) is 5. The Balaban J connectivity index is 1.46. The van der Waals surface area contributed by atoms with Gasteiger partial charge in [0, 0.05) is 16.7 Å². The molecule has 5 fully saturated rings. The molecule has 4 bridgehead atoms.